The minimum Gasteiger partial charge on any atom is -0.508 e. The molecule has 0 aromatic heterocycles. The lowest BCUT2D eigenvalue weighted by atomic mass is 10.1. The van der Waals surface area contributed by atoms with E-state index in [0.717, 1.165) is 5.56 Å². The van der Waals surface area contributed by atoms with Crippen LogP contribution in [0.5, 0.6) is 11.5 Å². The lowest BCUT2D eigenvalue weighted by Crippen LogP contribution is -2.02. The fourth-order valence-corrected chi connectivity index (χ4v) is 1.88. The Balaban J connectivity index is 0.000000430. The first-order chi connectivity index (χ1) is 13.5. The van der Waals surface area contributed by atoms with E-state index in [9.17, 15) is 19.2 Å². The number of aliphatic carboxylic acids is 1. The average Bonchev–Trinajstić information content (AvgIpc) is 2.66. The van der Waals surface area contributed by atoms with E-state index in [1.807, 2.05) is 0 Å². The SMILES string of the molecule is O=C(CBr)Cc1ccc(O)cc1.O=C(Cl)C(=O)Cl.O=C(O)Cc1ccc(O)cc1. The van der Waals surface area contributed by atoms with E-state index in [1.165, 1.54) is 12.1 Å². The highest BCUT2D eigenvalue weighted by atomic mass is 79.9. The van der Waals surface area contributed by atoms with Gasteiger partial charge < -0.3 is 15.3 Å². The number of alkyl halides is 1. The van der Waals surface area contributed by atoms with Crippen LogP contribution < -0.4 is 0 Å². The number of carbonyl (C=O) groups excluding carboxylic acids is 3. The molecule has 0 unspecified atom stereocenters. The van der Waals surface area contributed by atoms with E-state index in [2.05, 4.69) is 39.1 Å². The van der Waals surface area contributed by atoms with Crippen molar-refractivity contribution >= 4 is 61.4 Å². The summed E-state index contributed by atoms with van der Waals surface area (Å²) in [5.41, 5.74) is 1.62. The molecule has 0 fully saturated rings. The quantitative estimate of drug-likeness (QED) is 0.310. The number of phenolic OH excluding ortho intramolecular Hbond substituents is 2. The van der Waals surface area contributed by atoms with Gasteiger partial charge in [-0.3, -0.25) is 19.2 Å². The fraction of sp³-hybridized carbons (Fsp3) is 0.158. The second-order valence-corrected chi connectivity index (χ2v) is 6.55. The van der Waals surface area contributed by atoms with Crippen LogP contribution in [0.15, 0.2) is 48.5 Å². The first-order valence-electron chi connectivity index (χ1n) is 7.79. The van der Waals surface area contributed by atoms with Crippen molar-refractivity contribution in [2.75, 3.05) is 5.33 Å². The van der Waals surface area contributed by atoms with Crippen LogP contribution in [0.2, 0.25) is 0 Å². The minimum absolute atomic E-state index is 0.000278. The molecule has 0 aliphatic heterocycles. The highest BCUT2D eigenvalue weighted by Gasteiger charge is 2.02. The molecule has 0 radical (unpaired) electrons. The van der Waals surface area contributed by atoms with Gasteiger partial charge in [0.05, 0.1) is 11.8 Å². The number of ketones is 1. The first-order valence-corrected chi connectivity index (χ1v) is 9.67. The fourth-order valence-electron chi connectivity index (χ4n) is 1.68. The van der Waals surface area contributed by atoms with E-state index in [0.29, 0.717) is 17.3 Å². The highest BCUT2D eigenvalue weighted by Crippen LogP contribution is 2.10. The second kappa shape index (κ2) is 14.6. The van der Waals surface area contributed by atoms with Gasteiger partial charge in [-0.15, -0.1) is 0 Å². The Morgan fingerprint density at radius 3 is 1.34 bits per heavy atom. The van der Waals surface area contributed by atoms with Crippen molar-refractivity contribution in [2.45, 2.75) is 12.8 Å². The predicted octanol–water partition coefficient (Wildman–Crippen LogP) is 3.44. The van der Waals surface area contributed by atoms with Crippen LogP contribution in [0, 0.1) is 0 Å². The molecule has 0 saturated carbocycles. The van der Waals surface area contributed by atoms with Crippen LogP contribution in [-0.2, 0) is 32.0 Å². The highest BCUT2D eigenvalue weighted by molar-refractivity contribution is 9.09. The van der Waals surface area contributed by atoms with Gasteiger partial charge in [-0.2, -0.15) is 0 Å². The van der Waals surface area contributed by atoms with Gasteiger partial charge in [0.1, 0.15) is 17.3 Å². The second-order valence-electron chi connectivity index (χ2n) is 5.30. The summed E-state index contributed by atoms with van der Waals surface area (Å²) in [4.78, 5) is 40.0. The third kappa shape index (κ3) is 14.3. The normalized spacial score (nSPS) is 9.21. The van der Waals surface area contributed by atoms with Crippen LogP contribution in [0.25, 0.3) is 0 Å². The lowest BCUT2D eigenvalue weighted by molar-refractivity contribution is -0.136. The van der Waals surface area contributed by atoms with E-state index < -0.39 is 16.5 Å². The van der Waals surface area contributed by atoms with Crippen molar-refractivity contribution in [1.29, 1.82) is 0 Å². The van der Waals surface area contributed by atoms with Gasteiger partial charge in [-0.1, -0.05) is 40.2 Å². The summed E-state index contributed by atoms with van der Waals surface area (Å²) in [6.45, 7) is 0. The molecule has 0 heterocycles. The van der Waals surface area contributed by atoms with Crippen molar-refractivity contribution in [3.63, 3.8) is 0 Å². The number of aromatic hydroxyl groups is 2. The molecule has 0 aliphatic carbocycles. The van der Waals surface area contributed by atoms with E-state index in [-0.39, 0.29) is 23.7 Å². The summed E-state index contributed by atoms with van der Waals surface area (Å²) < 4.78 is 0. The molecule has 29 heavy (non-hydrogen) atoms. The molecular weight excluding hydrogens is 491 g/mol. The molecule has 0 saturated heterocycles. The van der Waals surface area contributed by atoms with Gasteiger partial charge in [0.25, 0.3) is 0 Å². The van der Waals surface area contributed by atoms with Crippen molar-refractivity contribution in [3.8, 4) is 11.5 Å². The molecule has 0 amide bonds. The number of hydrogen-bond acceptors (Lipinski definition) is 6. The number of carboxylic acid groups (broad SMARTS) is 1. The number of phenols is 2. The maximum Gasteiger partial charge on any atom is 0.307 e. The Kier molecular flexibility index (Phi) is 13.3. The Morgan fingerprint density at radius 2 is 1.07 bits per heavy atom. The number of Topliss-reactive ketones (excluding diaryl/α,β-unsaturated/α-hetero) is 1. The number of halogens is 3. The number of carboxylic acids is 1. The van der Waals surface area contributed by atoms with Gasteiger partial charge in [-0.25, -0.2) is 0 Å². The molecule has 3 N–H and O–H groups in total. The molecule has 0 bridgehead atoms. The molecule has 7 nitrogen and oxygen atoms in total. The molecule has 0 spiro atoms. The average molecular weight is 508 g/mol. The van der Waals surface area contributed by atoms with Gasteiger partial charge in [0, 0.05) is 6.42 Å². The van der Waals surface area contributed by atoms with E-state index >= 15 is 0 Å². The third-order valence-corrected chi connectivity index (χ3v) is 4.00. The third-order valence-electron chi connectivity index (χ3n) is 2.93. The van der Waals surface area contributed by atoms with E-state index in [1.54, 1.807) is 36.4 Å². The van der Waals surface area contributed by atoms with Crippen molar-refractivity contribution in [3.05, 3.63) is 59.7 Å². The van der Waals surface area contributed by atoms with Gasteiger partial charge in [0.2, 0.25) is 0 Å². The molecule has 0 aliphatic rings. The summed E-state index contributed by atoms with van der Waals surface area (Å²) in [5, 5.41) is 24.3. The van der Waals surface area contributed by atoms with Crippen LogP contribution in [0.4, 0.5) is 0 Å². The lowest BCUT2D eigenvalue weighted by Gasteiger charge is -1.97. The molecular formula is C19H17BrCl2O7. The monoisotopic (exact) mass is 506 g/mol. The Morgan fingerprint density at radius 1 is 0.724 bits per heavy atom. The summed E-state index contributed by atoms with van der Waals surface area (Å²) >= 11 is 12.1. The Bertz CT molecular complexity index is 809. The maximum absolute atomic E-state index is 11.0. The summed E-state index contributed by atoms with van der Waals surface area (Å²) in [5.74, 6) is -0.347. The number of rotatable bonds is 6. The number of hydrogen-bond donors (Lipinski definition) is 3. The number of carbonyl (C=O) groups is 4. The molecule has 10 heteroatoms. The summed E-state index contributed by atoms with van der Waals surface area (Å²) in [6, 6.07) is 12.8. The van der Waals surface area contributed by atoms with Crippen LogP contribution >= 0.6 is 39.1 Å². The van der Waals surface area contributed by atoms with Crippen LogP contribution in [0.1, 0.15) is 11.1 Å². The van der Waals surface area contributed by atoms with Gasteiger partial charge in [0.15, 0.2) is 0 Å². The zero-order valence-electron chi connectivity index (χ0n) is 14.8. The van der Waals surface area contributed by atoms with Crippen molar-refractivity contribution < 1.29 is 34.5 Å². The molecule has 2 aromatic rings. The largest absolute Gasteiger partial charge is 0.508 e. The topological polar surface area (TPSA) is 129 Å². The van der Waals surface area contributed by atoms with Crippen LogP contribution in [-0.4, -0.2) is 42.9 Å². The zero-order valence-corrected chi connectivity index (χ0v) is 17.9. The molecule has 2 aromatic carbocycles. The first kappa shape index (κ1) is 26.6. The van der Waals surface area contributed by atoms with Crippen LogP contribution in [0.3, 0.4) is 0 Å². The Hall–Kier alpha value is -2.42. The molecule has 156 valence electrons. The van der Waals surface area contributed by atoms with Crippen molar-refractivity contribution in [1.82, 2.24) is 0 Å². The summed E-state index contributed by atoms with van der Waals surface area (Å²) in [7, 11) is 0. The van der Waals surface area contributed by atoms with Gasteiger partial charge in [-0.05, 0) is 58.6 Å². The van der Waals surface area contributed by atoms with E-state index in [4.69, 9.17) is 15.3 Å². The molecule has 0 atom stereocenters. The van der Waals surface area contributed by atoms with Crippen molar-refractivity contribution in [2.24, 2.45) is 0 Å². The zero-order chi connectivity index (χ0) is 22.4. The van der Waals surface area contributed by atoms with Gasteiger partial charge >= 0.3 is 16.5 Å². The smallest absolute Gasteiger partial charge is 0.307 e. The summed E-state index contributed by atoms with van der Waals surface area (Å²) in [6.07, 6.45) is 0.422. The minimum atomic E-state index is -1.14. The predicted molar refractivity (Wildman–Crippen MR) is 112 cm³/mol. The molecule has 2 rings (SSSR count). The maximum atomic E-state index is 11.0. The number of benzene rings is 2. The Labute approximate surface area is 185 Å². The standard InChI is InChI=1S/C9H9BrO2.C8H8O3.C2Cl2O2/c10-6-9(12)5-7-1-3-8(11)4-2-7;9-7-3-1-6(2-4-7)5-8(10)11;3-1(5)2(4)6/h1-4,11H,5-6H2;1-4,9H,5H2,(H,10,11);.